The molecule has 0 aliphatic rings. The largest absolute Gasteiger partial charge is 0.496 e. The van der Waals surface area contributed by atoms with Crippen LogP contribution in [-0.2, 0) is 0 Å². The molecular weight excluding hydrogens is 304 g/mol. The minimum Gasteiger partial charge on any atom is -0.496 e. The highest BCUT2D eigenvalue weighted by Crippen LogP contribution is 2.24. The summed E-state index contributed by atoms with van der Waals surface area (Å²) in [4.78, 5) is 12.4. The summed E-state index contributed by atoms with van der Waals surface area (Å²) < 4.78 is 7.06. The predicted molar refractivity (Wildman–Crippen MR) is 90.7 cm³/mol. The SMILES string of the molecule is CCC(CC)n1ccc(C(=O)N[C@H](C#N)c2ccccc2OC)n1. The van der Waals surface area contributed by atoms with Crippen molar-refractivity contribution >= 4 is 5.91 Å². The molecule has 0 saturated carbocycles. The van der Waals surface area contributed by atoms with Gasteiger partial charge in [0.1, 0.15) is 17.5 Å². The van der Waals surface area contributed by atoms with E-state index in [4.69, 9.17) is 4.74 Å². The number of carbonyl (C=O) groups excluding carboxylic acids is 1. The number of para-hydroxylation sites is 1. The van der Waals surface area contributed by atoms with E-state index in [-0.39, 0.29) is 11.9 Å². The molecule has 0 radical (unpaired) electrons. The van der Waals surface area contributed by atoms with E-state index in [9.17, 15) is 10.1 Å². The van der Waals surface area contributed by atoms with Crippen LogP contribution in [0.4, 0.5) is 0 Å². The summed E-state index contributed by atoms with van der Waals surface area (Å²) in [5.41, 5.74) is 0.923. The lowest BCUT2D eigenvalue weighted by Crippen LogP contribution is -2.28. The lowest BCUT2D eigenvalue weighted by Gasteiger charge is -2.15. The van der Waals surface area contributed by atoms with Crippen LogP contribution in [0.3, 0.4) is 0 Å². The molecule has 1 atom stereocenters. The molecule has 1 N–H and O–H groups in total. The van der Waals surface area contributed by atoms with Crippen LogP contribution in [0.25, 0.3) is 0 Å². The molecule has 2 aromatic rings. The van der Waals surface area contributed by atoms with Crippen LogP contribution >= 0.6 is 0 Å². The summed E-state index contributed by atoms with van der Waals surface area (Å²) in [6, 6.07) is 10.4. The van der Waals surface area contributed by atoms with Crippen molar-refractivity contribution in [2.45, 2.75) is 38.8 Å². The highest BCUT2D eigenvalue weighted by Gasteiger charge is 2.20. The molecule has 6 heteroatoms. The van der Waals surface area contributed by atoms with Gasteiger partial charge >= 0.3 is 0 Å². The molecule has 0 aliphatic heterocycles. The van der Waals surface area contributed by atoms with E-state index in [1.165, 1.54) is 7.11 Å². The zero-order valence-corrected chi connectivity index (χ0v) is 14.2. The summed E-state index contributed by atoms with van der Waals surface area (Å²) in [5, 5.41) is 16.5. The quantitative estimate of drug-likeness (QED) is 0.847. The van der Waals surface area contributed by atoms with Crippen LogP contribution in [0.15, 0.2) is 36.5 Å². The normalized spacial score (nSPS) is 11.8. The van der Waals surface area contributed by atoms with E-state index in [2.05, 4.69) is 30.3 Å². The van der Waals surface area contributed by atoms with Gasteiger partial charge in [-0.3, -0.25) is 9.48 Å². The number of ether oxygens (including phenoxy) is 1. The lowest BCUT2D eigenvalue weighted by atomic mass is 10.1. The molecule has 0 spiro atoms. The number of methoxy groups -OCH3 is 1. The molecule has 6 nitrogen and oxygen atoms in total. The monoisotopic (exact) mass is 326 g/mol. The number of amides is 1. The molecule has 126 valence electrons. The maximum Gasteiger partial charge on any atom is 0.273 e. The van der Waals surface area contributed by atoms with Crippen LogP contribution in [0.2, 0.25) is 0 Å². The van der Waals surface area contributed by atoms with Crippen molar-refractivity contribution in [3.05, 3.63) is 47.8 Å². The number of nitriles is 1. The number of rotatable bonds is 7. The predicted octanol–water partition coefficient (Wildman–Crippen LogP) is 3.25. The minimum atomic E-state index is -0.799. The Labute approximate surface area is 142 Å². The van der Waals surface area contributed by atoms with Crippen LogP contribution in [0.1, 0.15) is 54.8 Å². The second kappa shape index (κ2) is 8.16. The molecule has 0 aliphatic carbocycles. The van der Waals surface area contributed by atoms with Gasteiger partial charge in [-0.1, -0.05) is 32.0 Å². The molecule has 1 heterocycles. The topological polar surface area (TPSA) is 79.9 Å². The lowest BCUT2D eigenvalue weighted by molar-refractivity contribution is 0.0938. The van der Waals surface area contributed by atoms with Crippen LogP contribution in [0.5, 0.6) is 5.75 Å². The second-order valence-corrected chi connectivity index (χ2v) is 5.43. The maximum absolute atomic E-state index is 12.4. The van der Waals surface area contributed by atoms with E-state index >= 15 is 0 Å². The van der Waals surface area contributed by atoms with Gasteiger partial charge in [-0.2, -0.15) is 10.4 Å². The Kier molecular flexibility index (Phi) is 5.96. The molecule has 0 saturated heterocycles. The zero-order valence-electron chi connectivity index (χ0n) is 14.2. The number of benzene rings is 1. The highest BCUT2D eigenvalue weighted by molar-refractivity contribution is 5.92. The van der Waals surface area contributed by atoms with Gasteiger partial charge in [0.2, 0.25) is 0 Å². The van der Waals surface area contributed by atoms with Crippen molar-refractivity contribution < 1.29 is 9.53 Å². The summed E-state index contributed by atoms with van der Waals surface area (Å²) in [6.07, 6.45) is 3.69. The number of nitrogens with zero attached hydrogens (tertiary/aromatic N) is 3. The fourth-order valence-corrected chi connectivity index (χ4v) is 2.61. The molecule has 1 aromatic heterocycles. The summed E-state index contributed by atoms with van der Waals surface area (Å²) >= 11 is 0. The van der Waals surface area contributed by atoms with Crippen molar-refractivity contribution in [2.75, 3.05) is 7.11 Å². The van der Waals surface area contributed by atoms with Gasteiger partial charge in [-0.25, -0.2) is 0 Å². The molecule has 0 fully saturated rings. The Morgan fingerprint density at radius 1 is 1.33 bits per heavy atom. The Morgan fingerprint density at radius 2 is 2.04 bits per heavy atom. The van der Waals surface area contributed by atoms with Gasteiger partial charge in [-0.15, -0.1) is 0 Å². The smallest absolute Gasteiger partial charge is 0.273 e. The molecule has 1 aromatic carbocycles. The first-order valence-electron chi connectivity index (χ1n) is 8.03. The van der Waals surface area contributed by atoms with Crippen LogP contribution < -0.4 is 10.1 Å². The fraction of sp³-hybridized carbons (Fsp3) is 0.389. The van der Waals surface area contributed by atoms with Gasteiger partial charge in [0.05, 0.1) is 19.2 Å². The van der Waals surface area contributed by atoms with Crippen molar-refractivity contribution in [3.63, 3.8) is 0 Å². The first kappa shape index (κ1) is 17.5. The van der Waals surface area contributed by atoms with Crippen LogP contribution in [0, 0.1) is 11.3 Å². The van der Waals surface area contributed by atoms with Gasteiger partial charge in [0, 0.05) is 11.8 Å². The van der Waals surface area contributed by atoms with Gasteiger partial charge in [-0.05, 0) is 25.0 Å². The van der Waals surface area contributed by atoms with E-state index in [1.807, 2.05) is 6.07 Å². The summed E-state index contributed by atoms with van der Waals surface area (Å²) in [7, 11) is 1.53. The minimum absolute atomic E-state index is 0.271. The number of hydrogen-bond donors (Lipinski definition) is 1. The van der Waals surface area contributed by atoms with Gasteiger partial charge in [0.25, 0.3) is 5.91 Å². The van der Waals surface area contributed by atoms with Crippen molar-refractivity contribution in [1.29, 1.82) is 5.26 Å². The summed E-state index contributed by atoms with van der Waals surface area (Å²) in [6.45, 7) is 4.17. The van der Waals surface area contributed by atoms with Crippen molar-refractivity contribution in [1.82, 2.24) is 15.1 Å². The Balaban J connectivity index is 2.17. The van der Waals surface area contributed by atoms with E-state index < -0.39 is 6.04 Å². The third-order valence-corrected chi connectivity index (χ3v) is 4.01. The highest BCUT2D eigenvalue weighted by atomic mass is 16.5. The Morgan fingerprint density at radius 3 is 2.67 bits per heavy atom. The maximum atomic E-state index is 12.4. The molecule has 0 unspecified atom stereocenters. The number of hydrogen-bond acceptors (Lipinski definition) is 4. The third-order valence-electron chi connectivity index (χ3n) is 4.01. The van der Waals surface area contributed by atoms with Crippen LogP contribution in [-0.4, -0.2) is 22.8 Å². The van der Waals surface area contributed by atoms with Crippen molar-refractivity contribution in [2.24, 2.45) is 0 Å². The average Bonchev–Trinajstić information content (AvgIpc) is 3.10. The number of aromatic nitrogens is 2. The van der Waals surface area contributed by atoms with Gasteiger partial charge in [0.15, 0.2) is 0 Å². The molecule has 2 rings (SSSR count). The first-order valence-corrected chi connectivity index (χ1v) is 8.03. The van der Waals surface area contributed by atoms with E-state index in [0.29, 0.717) is 17.0 Å². The standard InChI is InChI=1S/C18H22N4O2/c1-4-13(5-2)22-11-10-15(21-22)18(23)20-16(12-19)14-8-6-7-9-17(14)24-3/h6-11,13,16H,4-5H2,1-3H3,(H,20,23)/t16-/m1/s1. The summed E-state index contributed by atoms with van der Waals surface area (Å²) in [5.74, 6) is 0.184. The molecule has 1 amide bonds. The Bertz CT molecular complexity index is 729. The van der Waals surface area contributed by atoms with Gasteiger partial charge < -0.3 is 10.1 Å². The fourth-order valence-electron chi connectivity index (χ4n) is 2.61. The average molecular weight is 326 g/mol. The first-order chi connectivity index (χ1) is 11.6. The molecule has 0 bridgehead atoms. The zero-order chi connectivity index (χ0) is 17.5. The van der Waals surface area contributed by atoms with E-state index in [0.717, 1.165) is 12.8 Å². The van der Waals surface area contributed by atoms with Crippen molar-refractivity contribution in [3.8, 4) is 11.8 Å². The molecular formula is C18H22N4O2. The number of nitrogens with one attached hydrogen (secondary N) is 1. The number of carbonyl (C=O) groups is 1. The molecule has 24 heavy (non-hydrogen) atoms. The van der Waals surface area contributed by atoms with E-state index in [1.54, 1.807) is 35.1 Å². The second-order valence-electron chi connectivity index (χ2n) is 5.43. The Hall–Kier alpha value is -2.81. The third kappa shape index (κ3) is 3.74.